The smallest absolute Gasteiger partial charge is 0.0912 e. The van der Waals surface area contributed by atoms with E-state index in [2.05, 4.69) is 104 Å². The highest BCUT2D eigenvalue weighted by atomic mass is 32.2. The van der Waals surface area contributed by atoms with Gasteiger partial charge in [-0.2, -0.15) is 0 Å². The summed E-state index contributed by atoms with van der Waals surface area (Å²) in [5.41, 5.74) is 7.17. The standard InChI is InChI=1S/C26H21BSSi/c1-29(2)24-13-7-6-11-20(24)27-21-17-19(18-9-4-3-5-10-18)15-16-22(21)28-23-12-8-14-25(29)26(23)27/h3-17H,1-2H3. The van der Waals surface area contributed by atoms with Crippen LogP contribution < -0.4 is 26.8 Å². The Kier molecular flexibility index (Phi) is 3.75. The van der Waals surface area contributed by atoms with Crippen LogP contribution in [0.1, 0.15) is 0 Å². The van der Waals surface area contributed by atoms with Crippen molar-refractivity contribution in [1.82, 2.24) is 0 Å². The van der Waals surface area contributed by atoms with Crippen molar-refractivity contribution >= 4 is 53.3 Å². The summed E-state index contributed by atoms with van der Waals surface area (Å²) >= 11 is 1.95. The highest BCUT2D eigenvalue weighted by molar-refractivity contribution is 8.00. The van der Waals surface area contributed by atoms with Crippen molar-refractivity contribution in [3.63, 3.8) is 0 Å². The molecular formula is C26H21BSSi. The lowest BCUT2D eigenvalue weighted by Gasteiger charge is -2.40. The van der Waals surface area contributed by atoms with Gasteiger partial charge < -0.3 is 0 Å². The van der Waals surface area contributed by atoms with E-state index in [-0.39, 0.29) is 0 Å². The molecule has 0 spiro atoms. The lowest BCUT2D eigenvalue weighted by molar-refractivity contribution is 1.43. The minimum atomic E-state index is -1.70. The summed E-state index contributed by atoms with van der Waals surface area (Å²) in [4.78, 5) is 2.85. The van der Waals surface area contributed by atoms with Gasteiger partial charge in [-0.05, 0) is 23.3 Å². The molecule has 0 bridgehead atoms. The minimum absolute atomic E-state index is 0.345. The molecule has 0 atom stereocenters. The number of hydrogen-bond donors (Lipinski definition) is 0. The topological polar surface area (TPSA) is 0 Å². The number of rotatable bonds is 1. The molecule has 0 aliphatic carbocycles. The van der Waals surface area contributed by atoms with Gasteiger partial charge in [-0.15, -0.1) is 0 Å². The van der Waals surface area contributed by atoms with Crippen LogP contribution in [0, 0.1) is 0 Å². The van der Waals surface area contributed by atoms with Crippen LogP contribution in [0.25, 0.3) is 11.1 Å². The molecule has 29 heavy (non-hydrogen) atoms. The van der Waals surface area contributed by atoms with Gasteiger partial charge in [-0.3, -0.25) is 0 Å². The van der Waals surface area contributed by atoms with E-state index in [1.807, 2.05) is 11.8 Å². The molecule has 0 nitrogen and oxygen atoms in total. The lowest BCUT2D eigenvalue weighted by atomic mass is 9.36. The maximum absolute atomic E-state index is 2.51. The Morgan fingerprint density at radius 3 is 2.24 bits per heavy atom. The van der Waals surface area contributed by atoms with Crippen LogP contribution in [0.2, 0.25) is 13.1 Å². The second-order valence-electron chi connectivity index (χ2n) is 8.58. The second kappa shape index (κ2) is 6.25. The first-order valence-electron chi connectivity index (χ1n) is 10.2. The van der Waals surface area contributed by atoms with E-state index in [0.717, 1.165) is 0 Å². The predicted molar refractivity (Wildman–Crippen MR) is 130 cm³/mol. The number of hydrogen-bond acceptors (Lipinski definition) is 1. The summed E-state index contributed by atoms with van der Waals surface area (Å²) in [7, 11) is -1.70. The zero-order valence-electron chi connectivity index (χ0n) is 16.6. The normalized spacial score (nSPS) is 15.3. The van der Waals surface area contributed by atoms with E-state index in [4.69, 9.17) is 0 Å². The van der Waals surface area contributed by atoms with Crippen molar-refractivity contribution in [2.45, 2.75) is 22.9 Å². The number of benzene rings is 4. The Hall–Kier alpha value is -2.49. The highest BCUT2D eigenvalue weighted by Crippen LogP contribution is 2.32. The van der Waals surface area contributed by atoms with Crippen molar-refractivity contribution < 1.29 is 0 Å². The van der Waals surface area contributed by atoms with Crippen LogP contribution in [0.5, 0.6) is 0 Å². The van der Waals surface area contributed by atoms with Gasteiger partial charge in [0, 0.05) is 9.79 Å². The molecule has 4 aromatic rings. The molecule has 0 aromatic heterocycles. The van der Waals surface area contributed by atoms with Gasteiger partial charge in [-0.25, -0.2) is 0 Å². The first-order chi connectivity index (χ1) is 14.1. The van der Waals surface area contributed by atoms with Crippen molar-refractivity contribution in [3.05, 3.63) is 91.0 Å². The average molecular weight is 404 g/mol. The fourth-order valence-corrected chi connectivity index (χ4v) is 9.67. The van der Waals surface area contributed by atoms with Crippen LogP contribution in [-0.2, 0) is 0 Å². The summed E-state index contributed by atoms with van der Waals surface area (Å²) in [6.45, 7) is 5.37. The van der Waals surface area contributed by atoms with Crippen LogP contribution in [0.4, 0.5) is 0 Å². The van der Waals surface area contributed by atoms with Crippen molar-refractivity contribution in [2.75, 3.05) is 0 Å². The molecule has 0 radical (unpaired) electrons. The molecule has 6 rings (SSSR count). The van der Waals surface area contributed by atoms with E-state index in [1.54, 1.807) is 15.8 Å². The van der Waals surface area contributed by atoms with Crippen molar-refractivity contribution in [1.29, 1.82) is 0 Å². The van der Waals surface area contributed by atoms with E-state index >= 15 is 0 Å². The fraction of sp³-hybridized carbons (Fsp3) is 0.0769. The molecule has 2 aliphatic heterocycles. The largest absolute Gasteiger partial charge is 0.243 e. The molecule has 4 aromatic carbocycles. The van der Waals surface area contributed by atoms with Gasteiger partial charge in [0.15, 0.2) is 0 Å². The zero-order chi connectivity index (χ0) is 19.6. The molecule has 0 unspecified atom stereocenters. The first-order valence-corrected chi connectivity index (χ1v) is 14.1. The average Bonchev–Trinajstić information content (AvgIpc) is 2.77. The van der Waals surface area contributed by atoms with Gasteiger partial charge >= 0.3 is 0 Å². The summed E-state index contributed by atoms with van der Waals surface area (Å²) in [6, 6.07) is 34.0. The third-order valence-corrected chi connectivity index (χ3v) is 11.4. The Balaban J connectivity index is 1.65. The molecule has 0 amide bonds. The number of fused-ring (bicyclic) bond motifs is 4. The van der Waals surface area contributed by atoms with Crippen LogP contribution >= 0.6 is 11.8 Å². The highest BCUT2D eigenvalue weighted by Gasteiger charge is 2.44. The monoisotopic (exact) mass is 404 g/mol. The van der Waals surface area contributed by atoms with E-state index < -0.39 is 8.07 Å². The Bertz CT molecular complexity index is 1260. The van der Waals surface area contributed by atoms with Gasteiger partial charge in [-0.1, -0.05) is 130 Å². The predicted octanol–water partition coefficient (Wildman–Crippen LogP) is 3.47. The van der Waals surface area contributed by atoms with E-state index in [9.17, 15) is 0 Å². The molecule has 0 fully saturated rings. The molecular weight excluding hydrogens is 383 g/mol. The maximum atomic E-state index is 2.51. The fourth-order valence-electron chi connectivity index (χ4n) is 5.21. The van der Waals surface area contributed by atoms with Gasteiger partial charge in [0.2, 0.25) is 6.71 Å². The van der Waals surface area contributed by atoms with E-state index in [0.29, 0.717) is 6.71 Å². The Morgan fingerprint density at radius 2 is 1.38 bits per heavy atom. The van der Waals surface area contributed by atoms with Gasteiger partial charge in [0.05, 0.1) is 0 Å². The minimum Gasteiger partial charge on any atom is -0.0912 e. The zero-order valence-corrected chi connectivity index (χ0v) is 18.5. The van der Waals surface area contributed by atoms with Gasteiger partial charge in [0.25, 0.3) is 0 Å². The summed E-state index contributed by atoms with van der Waals surface area (Å²) in [5, 5.41) is 3.21. The molecule has 0 saturated heterocycles. The molecule has 0 N–H and O–H groups in total. The molecule has 0 saturated carbocycles. The SMILES string of the molecule is C[Si]1(C)c2ccccc2B2c3cc(-c4ccccc4)ccc3Sc3cccc1c32. The first kappa shape index (κ1) is 17.4. The maximum Gasteiger partial charge on any atom is 0.243 e. The van der Waals surface area contributed by atoms with Crippen LogP contribution in [-0.4, -0.2) is 14.8 Å². The van der Waals surface area contributed by atoms with Gasteiger partial charge in [0.1, 0.15) is 8.07 Å². The molecule has 2 heterocycles. The Morgan fingerprint density at radius 1 is 0.621 bits per heavy atom. The third-order valence-electron chi connectivity index (χ3n) is 6.62. The lowest BCUT2D eigenvalue weighted by Crippen LogP contribution is -2.77. The quantitative estimate of drug-likeness (QED) is 0.386. The van der Waals surface area contributed by atoms with E-state index in [1.165, 1.54) is 31.8 Å². The second-order valence-corrected chi connectivity index (χ2v) is 14.0. The van der Waals surface area contributed by atoms with Crippen LogP contribution in [0.15, 0.2) is 101 Å². The molecule has 2 aliphatic rings. The van der Waals surface area contributed by atoms with Crippen molar-refractivity contribution in [3.8, 4) is 11.1 Å². The van der Waals surface area contributed by atoms with Crippen LogP contribution in [0.3, 0.4) is 0 Å². The summed E-state index contributed by atoms with van der Waals surface area (Å²) < 4.78 is 0. The summed E-state index contributed by atoms with van der Waals surface area (Å²) in [5.74, 6) is 0. The molecule has 138 valence electrons. The Labute approximate surface area is 178 Å². The summed E-state index contributed by atoms with van der Waals surface area (Å²) in [6.07, 6.45) is 0. The third kappa shape index (κ3) is 2.47. The van der Waals surface area contributed by atoms with Crippen molar-refractivity contribution in [2.24, 2.45) is 0 Å². The molecule has 3 heteroatoms.